The van der Waals surface area contributed by atoms with Gasteiger partial charge in [0.25, 0.3) is 0 Å². The highest BCUT2D eigenvalue weighted by Crippen LogP contribution is 2.20. The predicted molar refractivity (Wildman–Crippen MR) is 71.2 cm³/mol. The van der Waals surface area contributed by atoms with E-state index in [9.17, 15) is 13.6 Å². The Morgan fingerprint density at radius 3 is 2.60 bits per heavy atom. The SMILES string of the molecule is CN(C)CCOCCNc1ccc(C(=O)O)c(F)c1F. The first-order valence-electron chi connectivity index (χ1n) is 6.11. The number of hydrogen-bond acceptors (Lipinski definition) is 4. The smallest absolute Gasteiger partial charge is 0.338 e. The standard InChI is InChI=1S/C13H18F2N2O3/c1-17(2)6-8-20-7-5-16-10-4-3-9(13(18)19)11(14)12(10)15/h3-4,16H,5-8H2,1-2H3,(H,18,19). The van der Waals surface area contributed by atoms with Crippen molar-refractivity contribution in [3.8, 4) is 0 Å². The van der Waals surface area contributed by atoms with E-state index < -0.39 is 23.2 Å². The van der Waals surface area contributed by atoms with Crippen LogP contribution in [0.25, 0.3) is 0 Å². The van der Waals surface area contributed by atoms with Gasteiger partial charge in [-0.15, -0.1) is 0 Å². The van der Waals surface area contributed by atoms with E-state index in [0.717, 1.165) is 12.6 Å². The first kappa shape index (κ1) is 16.3. The minimum atomic E-state index is -1.50. The molecule has 0 amide bonds. The number of rotatable bonds is 8. The summed E-state index contributed by atoms with van der Waals surface area (Å²) in [7, 11) is 3.84. The number of likely N-dealkylation sites (N-methyl/N-ethyl adjacent to an activating group) is 1. The minimum absolute atomic E-state index is 0.0799. The molecule has 0 aromatic heterocycles. The van der Waals surface area contributed by atoms with Crippen LogP contribution in [0.4, 0.5) is 14.5 Å². The number of nitrogens with zero attached hydrogens (tertiary/aromatic N) is 1. The lowest BCUT2D eigenvalue weighted by molar-refractivity contribution is 0.0690. The van der Waals surface area contributed by atoms with Crippen molar-refractivity contribution in [2.45, 2.75) is 0 Å². The van der Waals surface area contributed by atoms with E-state index in [1.54, 1.807) is 0 Å². The third kappa shape index (κ3) is 4.75. The van der Waals surface area contributed by atoms with Crippen LogP contribution in [-0.2, 0) is 4.74 Å². The van der Waals surface area contributed by atoms with Crippen LogP contribution in [0.5, 0.6) is 0 Å². The average molecular weight is 288 g/mol. The Kier molecular flexibility index (Phi) is 6.33. The van der Waals surface area contributed by atoms with Crippen LogP contribution >= 0.6 is 0 Å². The van der Waals surface area contributed by atoms with Crippen molar-refractivity contribution in [1.82, 2.24) is 4.90 Å². The third-order valence-corrected chi connectivity index (χ3v) is 2.56. The maximum Gasteiger partial charge on any atom is 0.338 e. The zero-order valence-corrected chi connectivity index (χ0v) is 11.4. The fourth-order valence-corrected chi connectivity index (χ4v) is 1.46. The Morgan fingerprint density at radius 1 is 1.30 bits per heavy atom. The second kappa shape index (κ2) is 7.76. The van der Waals surface area contributed by atoms with Gasteiger partial charge in [-0.1, -0.05) is 0 Å². The van der Waals surface area contributed by atoms with Crippen LogP contribution in [0.3, 0.4) is 0 Å². The van der Waals surface area contributed by atoms with Crippen LogP contribution in [-0.4, -0.2) is 56.4 Å². The molecule has 1 aromatic rings. The van der Waals surface area contributed by atoms with Gasteiger partial charge in [-0.05, 0) is 26.2 Å². The van der Waals surface area contributed by atoms with Gasteiger partial charge in [-0.3, -0.25) is 0 Å². The highest BCUT2D eigenvalue weighted by atomic mass is 19.2. The predicted octanol–water partition coefficient (Wildman–Crippen LogP) is 1.65. The van der Waals surface area contributed by atoms with Crippen LogP contribution in [0.2, 0.25) is 0 Å². The Hall–Kier alpha value is -1.73. The molecule has 0 radical (unpaired) electrons. The van der Waals surface area contributed by atoms with Crippen LogP contribution in [0, 0.1) is 11.6 Å². The van der Waals surface area contributed by atoms with Crippen molar-refractivity contribution in [3.05, 3.63) is 29.3 Å². The van der Waals surface area contributed by atoms with Gasteiger partial charge in [0.15, 0.2) is 11.6 Å². The van der Waals surface area contributed by atoms with E-state index >= 15 is 0 Å². The Bertz CT molecular complexity index is 467. The van der Waals surface area contributed by atoms with Crippen molar-refractivity contribution in [2.75, 3.05) is 45.7 Å². The lowest BCUT2D eigenvalue weighted by atomic mass is 10.2. The molecule has 7 heteroatoms. The van der Waals surface area contributed by atoms with E-state index in [2.05, 4.69) is 5.32 Å². The summed E-state index contributed by atoms with van der Waals surface area (Å²) in [6, 6.07) is 2.22. The highest BCUT2D eigenvalue weighted by Gasteiger charge is 2.17. The first-order valence-corrected chi connectivity index (χ1v) is 6.11. The van der Waals surface area contributed by atoms with E-state index in [-0.39, 0.29) is 5.69 Å². The van der Waals surface area contributed by atoms with E-state index in [1.807, 2.05) is 19.0 Å². The summed E-state index contributed by atoms with van der Waals surface area (Å²) in [6.07, 6.45) is 0. The molecule has 0 aliphatic heterocycles. The van der Waals surface area contributed by atoms with Crippen molar-refractivity contribution >= 4 is 11.7 Å². The van der Waals surface area contributed by atoms with Gasteiger partial charge in [0.05, 0.1) is 24.5 Å². The van der Waals surface area contributed by atoms with Gasteiger partial charge in [0, 0.05) is 13.1 Å². The second-order valence-corrected chi connectivity index (χ2v) is 4.44. The number of nitrogens with one attached hydrogen (secondary N) is 1. The highest BCUT2D eigenvalue weighted by molar-refractivity contribution is 5.88. The molecule has 0 aliphatic rings. The number of carboxylic acids is 1. The molecular weight excluding hydrogens is 270 g/mol. The third-order valence-electron chi connectivity index (χ3n) is 2.56. The monoisotopic (exact) mass is 288 g/mol. The molecule has 0 heterocycles. The Morgan fingerprint density at radius 2 is 2.00 bits per heavy atom. The van der Waals surface area contributed by atoms with Crippen LogP contribution < -0.4 is 5.32 Å². The number of hydrogen-bond donors (Lipinski definition) is 2. The van der Waals surface area contributed by atoms with E-state index in [1.165, 1.54) is 6.07 Å². The number of ether oxygens (including phenoxy) is 1. The Balaban J connectivity index is 2.45. The molecule has 0 bridgehead atoms. The largest absolute Gasteiger partial charge is 0.478 e. The van der Waals surface area contributed by atoms with Gasteiger partial charge in [0.1, 0.15) is 0 Å². The fraction of sp³-hybridized carbons (Fsp3) is 0.462. The van der Waals surface area contributed by atoms with Gasteiger partial charge in [-0.2, -0.15) is 0 Å². The zero-order chi connectivity index (χ0) is 15.1. The van der Waals surface area contributed by atoms with Crippen molar-refractivity contribution in [2.24, 2.45) is 0 Å². The molecule has 0 saturated heterocycles. The lowest BCUT2D eigenvalue weighted by Gasteiger charge is -2.11. The number of benzene rings is 1. The average Bonchev–Trinajstić information content (AvgIpc) is 2.37. The van der Waals surface area contributed by atoms with Gasteiger partial charge in [0.2, 0.25) is 0 Å². The summed E-state index contributed by atoms with van der Waals surface area (Å²) in [5, 5.41) is 11.3. The molecule has 0 spiro atoms. The summed E-state index contributed by atoms with van der Waals surface area (Å²) in [5.74, 6) is -4.06. The maximum atomic E-state index is 13.6. The van der Waals surface area contributed by atoms with Gasteiger partial charge < -0.3 is 20.1 Å². The van der Waals surface area contributed by atoms with Crippen LogP contribution in [0.1, 0.15) is 10.4 Å². The van der Waals surface area contributed by atoms with E-state index in [4.69, 9.17) is 9.84 Å². The molecule has 112 valence electrons. The number of anilines is 1. The molecule has 20 heavy (non-hydrogen) atoms. The summed E-state index contributed by atoms with van der Waals surface area (Å²) >= 11 is 0. The number of carbonyl (C=O) groups is 1. The minimum Gasteiger partial charge on any atom is -0.478 e. The van der Waals surface area contributed by atoms with Crippen molar-refractivity contribution in [3.63, 3.8) is 0 Å². The van der Waals surface area contributed by atoms with Crippen molar-refractivity contribution in [1.29, 1.82) is 0 Å². The molecule has 0 fully saturated rings. The summed E-state index contributed by atoms with van der Waals surface area (Å²) < 4.78 is 32.2. The molecule has 5 nitrogen and oxygen atoms in total. The van der Waals surface area contributed by atoms with Gasteiger partial charge in [-0.25, -0.2) is 13.6 Å². The quantitative estimate of drug-likeness (QED) is 0.712. The molecule has 2 N–H and O–H groups in total. The fourth-order valence-electron chi connectivity index (χ4n) is 1.46. The van der Waals surface area contributed by atoms with Crippen molar-refractivity contribution < 1.29 is 23.4 Å². The zero-order valence-electron chi connectivity index (χ0n) is 11.4. The normalized spacial score (nSPS) is 10.8. The molecular formula is C13H18F2N2O3. The molecule has 0 saturated carbocycles. The van der Waals surface area contributed by atoms with Crippen LogP contribution in [0.15, 0.2) is 12.1 Å². The topological polar surface area (TPSA) is 61.8 Å². The molecule has 0 atom stereocenters. The summed E-state index contributed by atoms with van der Waals surface area (Å²) in [6.45, 7) is 1.96. The summed E-state index contributed by atoms with van der Waals surface area (Å²) in [5.41, 5.74) is -0.765. The summed E-state index contributed by atoms with van der Waals surface area (Å²) in [4.78, 5) is 12.6. The van der Waals surface area contributed by atoms with E-state index in [0.29, 0.717) is 19.8 Å². The Labute approximate surface area is 116 Å². The first-order chi connectivity index (χ1) is 9.43. The lowest BCUT2D eigenvalue weighted by Crippen LogP contribution is -2.20. The molecule has 1 aromatic carbocycles. The second-order valence-electron chi connectivity index (χ2n) is 4.44. The number of aromatic carboxylic acids is 1. The van der Waals surface area contributed by atoms with Gasteiger partial charge >= 0.3 is 5.97 Å². The number of halogens is 2. The molecule has 1 rings (SSSR count). The molecule has 0 unspecified atom stereocenters. The number of carboxylic acid groups (broad SMARTS) is 1. The maximum absolute atomic E-state index is 13.6. The molecule has 0 aliphatic carbocycles.